The average Bonchev–Trinajstić information content (AvgIpc) is 2.91. The van der Waals surface area contributed by atoms with Crippen LogP contribution in [0.15, 0.2) is 48.5 Å². The van der Waals surface area contributed by atoms with Gasteiger partial charge in [-0.05, 0) is 38.2 Å². The van der Waals surface area contributed by atoms with E-state index >= 15 is 0 Å². The fourth-order valence-electron chi connectivity index (χ4n) is 2.86. The van der Waals surface area contributed by atoms with Gasteiger partial charge < -0.3 is 15.2 Å². The molecule has 0 amide bonds. The number of hydrogen-bond acceptors (Lipinski definition) is 3. The lowest BCUT2D eigenvalue weighted by Crippen LogP contribution is -2.19. The van der Waals surface area contributed by atoms with E-state index in [0.29, 0.717) is 0 Å². The molecule has 4 heteroatoms. The number of anilines is 1. The summed E-state index contributed by atoms with van der Waals surface area (Å²) in [4.78, 5) is 7.02. The van der Waals surface area contributed by atoms with Gasteiger partial charge in [0.1, 0.15) is 11.3 Å². The minimum Gasteiger partial charge on any atom is -0.397 e. The minimum atomic E-state index is 0.757. The van der Waals surface area contributed by atoms with Gasteiger partial charge in [-0.3, -0.25) is 0 Å². The van der Waals surface area contributed by atoms with Crippen molar-refractivity contribution in [3.8, 4) is 0 Å². The first-order valence-electron chi connectivity index (χ1n) is 8.07. The first kappa shape index (κ1) is 15.6. The minimum absolute atomic E-state index is 0.757. The number of aromatic nitrogens is 2. The molecule has 0 bridgehead atoms. The Kier molecular flexibility index (Phi) is 4.63. The molecule has 0 radical (unpaired) electrons. The van der Waals surface area contributed by atoms with Gasteiger partial charge in [0.25, 0.3) is 0 Å². The van der Waals surface area contributed by atoms with Crippen LogP contribution in [0, 0.1) is 0 Å². The second kappa shape index (κ2) is 6.84. The number of aryl methyl sites for hydroxylation is 2. The zero-order chi connectivity index (χ0) is 16.2. The van der Waals surface area contributed by atoms with Crippen LogP contribution in [-0.4, -0.2) is 35.1 Å². The van der Waals surface area contributed by atoms with Gasteiger partial charge in [0.2, 0.25) is 0 Å². The van der Waals surface area contributed by atoms with E-state index in [1.807, 2.05) is 12.1 Å². The molecule has 0 unspecified atom stereocenters. The van der Waals surface area contributed by atoms with Gasteiger partial charge in [0.05, 0.1) is 11.2 Å². The Morgan fingerprint density at radius 1 is 1.00 bits per heavy atom. The van der Waals surface area contributed by atoms with E-state index < -0.39 is 0 Å². The third kappa shape index (κ3) is 3.54. The van der Waals surface area contributed by atoms with Crippen molar-refractivity contribution in [2.45, 2.75) is 19.4 Å². The molecule has 0 aliphatic rings. The summed E-state index contributed by atoms with van der Waals surface area (Å²) in [5.41, 5.74) is 10.3. The summed E-state index contributed by atoms with van der Waals surface area (Å²) in [7, 11) is 4.19. The second-order valence-electron chi connectivity index (χ2n) is 6.18. The van der Waals surface area contributed by atoms with Gasteiger partial charge in [0, 0.05) is 19.5 Å². The van der Waals surface area contributed by atoms with Gasteiger partial charge in [-0.15, -0.1) is 0 Å². The third-order valence-electron chi connectivity index (χ3n) is 4.14. The molecule has 1 heterocycles. The number of hydrogen-bond donors (Lipinski definition) is 1. The lowest BCUT2D eigenvalue weighted by atomic mass is 10.1. The number of nitrogen functional groups attached to an aromatic ring is 1. The molecule has 0 saturated heterocycles. The molecule has 0 aliphatic heterocycles. The highest BCUT2D eigenvalue weighted by atomic mass is 15.1. The Balaban J connectivity index is 1.90. The number of nitrogens with zero attached hydrogens (tertiary/aromatic N) is 3. The van der Waals surface area contributed by atoms with Crippen LogP contribution < -0.4 is 5.73 Å². The maximum Gasteiger partial charge on any atom is 0.112 e. The number of rotatable bonds is 6. The number of fused-ring (bicyclic) bond motifs is 1. The number of para-hydroxylation sites is 1. The quantitative estimate of drug-likeness (QED) is 0.712. The molecule has 0 atom stereocenters. The fourth-order valence-corrected chi connectivity index (χ4v) is 2.86. The highest BCUT2D eigenvalue weighted by molar-refractivity contribution is 5.87. The van der Waals surface area contributed by atoms with Crippen LogP contribution in [0.3, 0.4) is 0 Å². The molecule has 2 N–H and O–H groups in total. The summed E-state index contributed by atoms with van der Waals surface area (Å²) in [5, 5.41) is 0. The monoisotopic (exact) mass is 308 g/mol. The summed E-state index contributed by atoms with van der Waals surface area (Å²) in [6.07, 6.45) is 1.91. The van der Waals surface area contributed by atoms with E-state index in [9.17, 15) is 0 Å². The van der Waals surface area contributed by atoms with Crippen molar-refractivity contribution in [3.05, 3.63) is 59.9 Å². The van der Waals surface area contributed by atoms with Crippen LogP contribution in [0.4, 0.5) is 5.69 Å². The maximum absolute atomic E-state index is 6.12. The summed E-state index contributed by atoms with van der Waals surface area (Å²) in [6.45, 7) is 1.91. The summed E-state index contributed by atoms with van der Waals surface area (Å²) < 4.78 is 2.31. The van der Waals surface area contributed by atoms with Crippen molar-refractivity contribution in [1.29, 1.82) is 0 Å². The summed E-state index contributed by atoms with van der Waals surface area (Å²) >= 11 is 0. The molecule has 0 saturated carbocycles. The van der Waals surface area contributed by atoms with E-state index in [1.54, 1.807) is 0 Å². The smallest absolute Gasteiger partial charge is 0.112 e. The zero-order valence-electron chi connectivity index (χ0n) is 13.9. The number of likely N-dealkylation sites (N-methyl/N-ethyl adjacent to an activating group) is 1. The zero-order valence-corrected chi connectivity index (χ0v) is 13.9. The molecule has 1 aromatic heterocycles. The van der Waals surface area contributed by atoms with Crippen molar-refractivity contribution < 1.29 is 0 Å². The normalized spacial score (nSPS) is 11.4. The first-order chi connectivity index (χ1) is 11.1. The summed E-state index contributed by atoms with van der Waals surface area (Å²) in [5.74, 6) is 1.11. The van der Waals surface area contributed by atoms with Crippen molar-refractivity contribution in [3.63, 3.8) is 0 Å². The molecule has 0 aliphatic carbocycles. The van der Waals surface area contributed by atoms with E-state index in [2.05, 4.69) is 60.0 Å². The molecule has 4 nitrogen and oxygen atoms in total. The standard InChI is InChI=1S/C19H24N4/c1-22(2)13-14-23-17-10-6-9-16(20)19(17)21-18(23)12-11-15-7-4-3-5-8-15/h3-10H,11-14,20H2,1-2H3. The van der Waals surface area contributed by atoms with E-state index in [4.69, 9.17) is 10.7 Å². The molecule has 3 rings (SSSR count). The van der Waals surface area contributed by atoms with Gasteiger partial charge >= 0.3 is 0 Å². The van der Waals surface area contributed by atoms with Crippen molar-refractivity contribution in [2.75, 3.05) is 26.4 Å². The van der Waals surface area contributed by atoms with Crippen LogP contribution in [0.5, 0.6) is 0 Å². The molecule has 3 aromatic rings. The van der Waals surface area contributed by atoms with E-state index in [1.165, 1.54) is 5.56 Å². The van der Waals surface area contributed by atoms with Crippen LogP contribution >= 0.6 is 0 Å². The lowest BCUT2D eigenvalue weighted by molar-refractivity contribution is 0.383. The van der Waals surface area contributed by atoms with Crippen LogP contribution in [0.1, 0.15) is 11.4 Å². The van der Waals surface area contributed by atoms with Crippen LogP contribution in [0.2, 0.25) is 0 Å². The first-order valence-corrected chi connectivity index (χ1v) is 8.07. The van der Waals surface area contributed by atoms with Crippen molar-refractivity contribution in [1.82, 2.24) is 14.5 Å². The van der Waals surface area contributed by atoms with Gasteiger partial charge in [-0.2, -0.15) is 0 Å². The third-order valence-corrected chi connectivity index (χ3v) is 4.14. The molecule has 2 aromatic carbocycles. The Morgan fingerprint density at radius 2 is 1.78 bits per heavy atom. The highest BCUT2D eigenvalue weighted by Gasteiger charge is 2.12. The molecular formula is C19H24N4. The average molecular weight is 308 g/mol. The Bertz CT molecular complexity index is 775. The Labute approximate surface area is 137 Å². The molecule has 23 heavy (non-hydrogen) atoms. The Hall–Kier alpha value is -2.33. The number of benzene rings is 2. The highest BCUT2D eigenvalue weighted by Crippen LogP contribution is 2.22. The fraction of sp³-hybridized carbons (Fsp3) is 0.316. The van der Waals surface area contributed by atoms with Gasteiger partial charge in [-0.1, -0.05) is 36.4 Å². The lowest BCUT2D eigenvalue weighted by Gasteiger charge is -2.13. The van der Waals surface area contributed by atoms with Crippen molar-refractivity contribution >= 4 is 16.7 Å². The van der Waals surface area contributed by atoms with Crippen LogP contribution in [-0.2, 0) is 19.4 Å². The largest absolute Gasteiger partial charge is 0.397 e. The molecule has 0 spiro atoms. The number of nitrogens with two attached hydrogens (primary N) is 1. The molecule has 0 fully saturated rings. The topological polar surface area (TPSA) is 47.1 Å². The van der Waals surface area contributed by atoms with Gasteiger partial charge in [0.15, 0.2) is 0 Å². The number of imidazole rings is 1. The van der Waals surface area contributed by atoms with E-state index in [-0.39, 0.29) is 0 Å². The molecule has 120 valence electrons. The Morgan fingerprint density at radius 3 is 2.52 bits per heavy atom. The predicted molar refractivity (Wildman–Crippen MR) is 96.5 cm³/mol. The maximum atomic E-state index is 6.12. The SMILES string of the molecule is CN(C)CCn1c(CCc2ccccc2)nc2c(N)cccc21. The van der Waals surface area contributed by atoms with Crippen molar-refractivity contribution in [2.24, 2.45) is 0 Å². The van der Waals surface area contributed by atoms with Crippen LogP contribution in [0.25, 0.3) is 11.0 Å². The van der Waals surface area contributed by atoms with Gasteiger partial charge in [-0.25, -0.2) is 4.98 Å². The predicted octanol–water partition coefficient (Wildman–Crippen LogP) is 2.97. The second-order valence-corrected chi connectivity index (χ2v) is 6.18. The molecular weight excluding hydrogens is 284 g/mol. The summed E-state index contributed by atoms with van der Waals surface area (Å²) in [6, 6.07) is 16.6. The van der Waals surface area contributed by atoms with E-state index in [0.717, 1.165) is 48.5 Å².